The van der Waals surface area contributed by atoms with Gasteiger partial charge in [0.05, 0.1) is 17.8 Å². The van der Waals surface area contributed by atoms with E-state index in [2.05, 4.69) is 5.32 Å². The number of nitrogens with two attached hydrogens (primary N) is 1. The molecule has 0 spiro atoms. The van der Waals surface area contributed by atoms with Crippen LogP contribution in [0.4, 0.5) is 5.69 Å². The van der Waals surface area contributed by atoms with Crippen LogP contribution in [0.5, 0.6) is 5.75 Å². The lowest BCUT2D eigenvalue weighted by Gasteiger charge is -2.29. The number of carbonyl (C=O) groups excluding carboxylic acids is 1. The summed E-state index contributed by atoms with van der Waals surface area (Å²) in [5, 5.41) is 3.66. The lowest BCUT2D eigenvalue weighted by Crippen LogP contribution is -2.45. The van der Waals surface area contributed by atoms with Crippen molar-refractivity contribution in [2.24, 2.45) is 5.73 Å². The van der Waals surface area contributed by atoms with E-state index in [0.717, 1.165) is 5.56 Å². The molecule has 1 unspecified atom stereocenters. The first-order valence-corrected chi connectivity index (χ1v) is 6.82. The van der Waals surface area contributed by atoms with Crippen LogP contribution in [0, 0.1) is 0 Å². The lowest BCUT2D eigenvalue weighted by atomic mass is 9.90. The predicted octanol–water partition coefficient (Wildman–Crippen LogP) is 3.16. The molecule has 4 nitrogen and oxygen atoms in total. The van der Waals surface area contributed by atoms with Crippen molar-refractivity contribution in [3.05, 3.63) is 59.1 Å². The number of para-hydroxylation sites is 1. The summed E-state index contributed by atoms with van der Waals surface area (Å²) >= 11 is 6.14. The van der Waals surface area contributed by atoms with Gasteiger partial charge in [0.2, 0.25) is 5.91 Å². The van der Waals surface area contributed by atoms with E-state index in [0.29, 0.717) is 16.5 Å². The molecule has 21 heavy (non-hydrogen) atoms. The van der Waals surface area contributed by atoms with Crippen LogP contribution < -0.4 is 15.8 Å². The number of ether oxygens (including phenoxy) is 1. The van der Waals surface area contributed by atoms with Crippen molar-refractivity contribution in [1.82, 2.24) is 0 Å². The van der Waals surface area contributed by atoms with Gasteiger partial charge in [-0.15, -0.1) is 0 Å². The van der Waals surface area contributed by atoms with E-state index in [9.17, 15) is 4.79 Å². The van der Waals surface area contributed by atoms with Gasteiger partial charge in [0, 0.05) is 0 Å². The van der Waals surface area contributed by atoms with Crippen molar-refractivity contribution in [2.45, 2.75) is 12.5 Å². The molecule has 0 aliphatic heterocycles. The molecule has 5 heteroatoms. The van der Waals surface area contributed by atoms with Gasteiger partial charge in [-0.25, -0.2) is 0 Å². The third kappa shape index (κ3) is 3.11. The van der Waals surface area contributed by atoms with Crippen LogP contribution in [0.15, 0.2) is 48.5 Å². The van der Waals surface area contributed by atoms with E-state index in [-0.39, 0.29) is 0 Å². The molecule has 0 heterocycles. The first kappa shape index (κ1) is 15.2. The van der Waals surface area contributed by atoms with E-state index < -0.39 is 11.4 Å². The molecule has 0 radical (unpaired) electrons. The Labute approximate surface area is 128 Å². The van der Waals surface area contributed by atoms with Gasteiger partial charge in [0.25, 0.3) is 0 Å². The third-order valence-corrected chi connectivity index (χ3v) is 3.75. The third-order valence-electron chi connectivity index (χ3n) is 3.42. The number of hydrogen-bond donors (Lipinski definition) is 2. The Bertz CT molecular complexity index is 643. The number of rotatable bonds is 5. The summed E-state index contributed by atoms with van der Waals surface area (Å²) in [6.45, 7) is 1.72. The maximum Gasteiger partial charge on any atom is 0.247 e. The van der Waals surface area contributed by atoms with Crippen LogP contribution in [0.25, 0.3) is 0 Å². The number of benzene rings is 2. The highest BCUT2D eigenvalue weighted by molar-refractivity contribution is 6.33. The first-order valence-electron chi connectivity index (χ1n) is 6.44. The number of methoxy groups -OCH3 is 1. The molecule has 0 saturated heterocycles. The van der Waals surface area contributed by atoms with Crippen LogP contribution in [0.2, 0.25) is 5.02 Å². The van der Waals surface area contributed by atoms with Gasteiger partial charge in [-0.05, 0) is 36.8 Å². The fraction of sp³-hybridized carbons (Fsp3) is 0.188. The molecular weight excluding hydrogens is 288 g/mol. The zero-order valence-corrected chi connectivity index (χ0v) is 12.6. The summed E-state index contributed by atoms with van der Waals surface area (Å²) in [6.07, 6.45) is 0. The molecule has 0 bridgehead atoms. The Morgan fingerprint density at radius 3 is 2.33 bits per heavy atom. The minimum Gasteiger partial charge on any atom is -0.497 e. The SMILES string of the molecule is COc1ccc(C(C)(Nc2ccccc2Cl)C(N)=O)cc1. The van der Waals surface area contributed by atoms with Gasteiger partial charge in [0.15, 0.2) is 0 Å². The summed E-state index contributed by atoms with van der Waals surface area (Å²) in [4.78, 5) is 12.0. The second-order valence-electron chi connectivity index (χ2n) is 4.82. The Kier molecular flexibility index (Phi) is 4.38. The van der Waals surface area contributed by atoms with Crippen LogP contribution in [0.1, 0.15) is 12.5 Å². The van der Waals surface area contributed by atoms with E-state index in [4.69, 9.17) is 22.1 Å². The highest BCUT2D eigenvalue weighted by atomic mass is 35.5. The monoisotopic (exact) mass is 304 g/mol. The maximum atomic E-state index is 12.0. The van der Waals surface area contributed by atoms with Gasteiger partial charge >= 0.3 is 0 Å². The molecule has 2 aromatic rings. The maximum absolute atomic E-state index is 12.0. The predicted molar refractivity (Wildman–Crippen MR) is 84.6 cm³/mol. The summed E-state index contributed by atoms with van der Waals surface area (Å²) < 4.78 is 5.12. The van der Waals surface area contributed by atoms with Crippen molar-refractivity contribution in [1.29, 1.82) is 0 Å². The van der Waals surface area contributed by atoms with E-state index in [1.807, 2.05) is 12.1 Å². The molecule has 3 N–H and O–H groups in total. The van der Waals surface area contributed by atoms with Crippen LogP contribution in [-0.2, 0) is 10.3 Å². The highest BCUT2D eigenvalue weighted by Crippen LogP contribution is 2.31. The number of primary amides is 1. The Hall–Kier alpha value is -2.20. The smallest absolute Gasteiger partial charge is 0.247 e. The average molecular weight is 305 g/mol. The minimum absolute atomic E-state index is 0.493. The number of nitrogens with one attached hydrogen (secondary N) is 1. The van der Waals surface area contributed by atoms with Crippen LogP contribution in [-0.4, -0.2) is 13.0 Å². The van der Waals surface area contributed by atoms with Crippen LogP contribution in [0.3, 0.4) is 0 Å². The molecule has 2 aromatic carbocycles. The van der Waals surface area contributed by atoms with E-state index in [1.165, 1.54) is 0 Å². The van der Waals surface area contributed by atoms with Crippen molar-refractivity contribution >= 4 is 23.2 Å². The van der Waals surface area contributed by atoms with Gasteiger partial charge in [-0.1, -0.05) is 35.9 Å². The quantitative estimate of drug-likeness (QED) is 0.892. The molecule has 110 valence electrons. The molecule has 0 saturated carbocycles. The van der Waals surface area contributed by atoms with Crippen LogP contribution >= 0.6 is 11.6 Å². The zero-order chi connectivity index (χ0) is 15.5. The topological polar surface area (TPSA) is 64.3 Å². The summed E-state index contributed by atoms with van der Waals surface area (Å²) in [5.41, 5.74) is 5.91. The Balaban J connectivity index is 2.40. The van der Waals surface area contributed by atoms with E-state index in [1.54, 1.807) is 50.4 Å². The minimum atomic E-state index is -1.07. The molecule has 0 aliphatic rings. The van der Waals surface area contributed by atoms with Gasteiger partial charge in [-0.2, -0.15) is 0 Å². The summed E-state index contributed by atoms with van der Waals surface area (Å²) in [5.74, 6) is 0.218. The molecule has 2 rings (SSSR count). The standard InChI is InChI=1S/C16H17ClN2O2/c1-16(15(18)20,11-7-9-12(21-2)10-8-11)19-14-6-4-3-5-13(14)17/h3-10,19H,1-2H3,(H2,18,20). The number of amides is 1. The van der Waals surface area contributed by atoms with E-state index >= 15 is 0 Å². The Morgan fingerprint density at radius 1 is 1.19 bits per heavy atom. The molecule has 1 amide bonds. The lowest BCUT2D eigenvalue weighted by molar-refractivity contribution is -0.122. The van der Waals surface area contributed by atoms with Gasteiger partial charge in [0.1, 0.15) is 11.3 Å². The second kappa shape index (κ2) is 6.06. The average Bonchev–Trinajstić information content (AvgIpc) is 2.49. The Morgan fingerprint density at radius 2 is 1.81 bits per heavy atom. The zero-order valence-electron chi connectivity index (χ0n) is 11.9. The van der Waals surface area contributed by atoms with Crippen molar-refractivity contribution in [2.75, 3.05) is 12.4 Å². The number of halogens is 1. The number of carbonyl (C=O) groups is 1. The summed E-state index contributed by atoms with van der Waals surface area (Å²) in [7, 11) is 1.59. The number of hydrogen-bond acceptors (Lipinski definition) is 3. The molecule has 0 fully saturated rings. The first-order chi connectivity index (χ1) is 9.97. The second-order valence-corrected chi connectivity index (χ2v) is 5.23. The van der Waals surface area contributed by atoms with Crippen molar-refractivity contribution < 1.29 is 9.53 Å². The molecule has 0 aliphatic carbocycles. The normalized spacial score (nSPS) is 13.3. The summed E-state index contributed by atoms with van der Waals surface area (Å²) in [6, 6.07) is 14.4. The largest absolute Gasteiger partial charge is 0.497 e. The highest BCUT2D eigenvalue weighted by Gasteiger charge is 2.33. The van der Waals surface area contributed by atoms with Crippen molar-refractivity contribution in [3.63, 3.8) is 0 Å². The fourth-order valence-corrected chi connectivity index (χ4v) is 2.22. The molecular formula is C16H17ClN2O2. The number of anilines is 1. The fourth-order valence-electron chi connectivity index (χ4n) is 2.03. The van der Waals surface area contributed by atoms with Crippen molar-refractivity contribution in [3.8, 4) is 5.75 Å². The van der Waals surface area contributed by atoms with Gasteiger partial charge in [-0.3, -0.25) is 4.79 Å². The molecule has 1 atom stereocenters. The molecule has 0 aromatic heterocycles. The van der Waals surface area contributed by atoms with Gasteiger partial charge < -0.3 is 15.8 Å².